The van der Waals surface area contributed by atoms with Crippen LogP contribution in [0.1, 0.15) is 76.7 Å². The fraction of sp³-hybridized carbons (Fsp3) is 0.667. The van der Waals surface area contributed by atoms with Gasteiger partial charge in [0.1, 0.15) is 23.8 Å². The van der Waals surface area contributed by atoms with E-state index in [1.54, 1.807) is 27.7 Å². The van der Waals surface area contributed by atoms with E-state index in [1.165, 1.54) is 23.5 Å². The molecule has 0 bridgehead atoms. The molecule has 1 aromatic heterocycles. The number of nitrogens with zero attached hydrogens (tertiary/aromatic N) is 3. The second-order valence-electron chi connectivity index (χ2n) is 12.5. The monoisotopic (exact) mass is 597 g/mol. The number of ketones is 1. The van der Waals surface area contributed by atoms with E-state index in [9.17, 15) is 28.8 Å². The maximum Gasteiger partial charge on any atom is 0.289 e. The molecule has 13 heteroatoms. The lowest BCUT2D eigenvalue weighted by Crippen LogP contribution is -2.59. The molecule has 13 nitrogen and oxygen atoms in total. The van der Waals surface area contributed by atoms with Gasteiger partial charge in [0.15, 0.2) is 0 Å². The van der Waals surface area contributed by atoms with Crippen LogP contribution in [0.3, 0.4) is 0 Å². The molecule has 4 N–H and O–H groups in total. The fourth-order valence-electron chi connectivity index (χ4n) is 6.14. The fourth-order valence-corrected chi connectivity index (χ4v) is 6.14. The first-order chi connectivity index (χ1) is 20.5. The van der Waals surface area contributed by atoms with Gasteiger partial charge < -0.3 is 26.2 Å². The number of rotatable bonds is 12. The van der Waals surface area contributed by atoms with Crippen LogP contribution in [0.15, 0.2) is 18.6 Å². The second kappa shape index (κ2) is 14.0. The first-order valence-corrected chi connectivity index (χ1v) is 15.3. The third-order valence-electron chi connectivity index (χ3n) is 8.82. The largest absolute Gasteiger partial charge is 0.347 e. The van der Waals surface area contributed by atoms with Gasteiger partial charge in [0.2, 0.25) is 23.5 Å². The number of amides is 5. The Morgan fingerprint density at radius 3 is 2.21 bits per heavy atom. The highest BCUT2D eigenvalue weighted by Crippen LogP contribution is 2.42. The molecule has 0 aromatic carbocycles. The summed E-state index contributed by atoms with van der Waals surface area (Å²) in [5.41, 5.74) is 0.0638. The van der Waals surface area contributed by atoms with Gasteiger partial charge in [-0.15, -0.1) is 0 Å². The highest BCUT2D eigenvalue weighted by atomic mass is 16.2. The van der Waals surface area contributed by atoms with Crippen molar-refractivity contribution in [3.63, 3.8) is 0 Å². The summed E-state index contributed by atoms with van der Waals surface area (Å²) >= 11 is 0. The Bertz CT molecular complexity index is 1220. The highest BCUT2D eigenvalue weighted by Gasteiger charge is 2.51. The van der Waals surface area contributed by atoms with Gasteiger partial charge >= 0.3 is 0 Å². The molecule has 5 amide bonds. The topological polar surface area (TPSA) is 180 Å². The summed E-state index contributed by atoms with van der Waals surface area (Å²) in [5, 5.41) is 10.8. The molecule has 1 aromatic rings. The summed E-state index contributed by atoms with van der Waals surface area (Å²) in [6.45, 7) is 7.09. The quantitative estimate of drug-likeness (QED) is 0.249. The van der Waals surface area contributed by atoms with Crippen molar-refractivity contribution in [1.82, 2.24) is 36.1 Å². The third-order valence-corrected chi connectivity index (χ3v) is 8.82. The minimum atomic E-state index is -0.953. The summed E-state index contributed by atoms with van der Waals surface area (Å²) in [4.78, 5) is 87.6. The zero-order chi connectivity index (χ0) is 31.3. The normalized spacial score (nSPS) is 22.7. The first-order valence-electron chi connectivity index (χ1n) is 15.3. The number of carbonyl (C=O) groups is 6. The minimum absolute atomic E-state index is 0.00754. The van der Waals surface area contributed by atoms with Crippen LogP contribution in [0.2, 0.25) is 0 Å². The smallest absolute Gasteiger partial charge is 0.289 e. The molecule has 0 radical (unpaired) electrons. The van der Waals surface area contributed by atoms with Crippen LogP contribution in [0.5, 0.6) is 0 Å². The van der Waals surface area contributed by atoms with Crippen molar-refractivity contribution >= 4 is 35.3 Å². The van der Waals surface area contributed by atoms with Gasteiger partial charge in [0.25, 0.3) is 11.8 Å². The Kier molecular flexibility index (Phi) is 10.5. The summed E-state index contributed by atoms with van der Waals surface area (Å²) in [5.74, 6) is -3.94. The van der Waals surface area contributed by atoms with E-state index in [0.29, 0.717) is 6.54 Å². The van der Waals surface area contributed by atoms with Gasteiger partial charge in [-0.05, 0) is 55.8 Å². The Morgan fingerprint density at radius 2 is 1.60 bits per heavy atom. The molecule has 2 heterocycles. The Balaban J connectivity index is 1.43. The predicted molar refractivity (Wildman–Crippen MR) is 155 cm³/mol. The summed E-state index contributed by atoms with van der Waals surface area (Å²) in [6.07, 6.45) is 9.40. The molecule has 4 rings (SSSR count). The Morgan fingerprint density at radius 1 is 0.907 bits per heavy atom. The SMILES string of the molecule is CC(C)C(NC(=O)c1cnccn1)C(=O)NC(C(=O)N1C[C@@H]2CCC[C@@H]2C1C(=O)NCC(=O)C(=O)NC1CCC1)C(C)C. The molecule has 234 valence electrons. The zero-order valence-electron chi connectivity index (χ0n) is 25.3. The van der Waals surface area contributed by atoms with Crippen LogP contribution in [0, 0.1) is 23.7 Å². The van der Waals surface area contributed by atoms with Gasteiger partial charge in [-0.2, -0.15) is 0 Å². The van der Waals surface area contributed by atoms with Crippen LogP contribution in [0.4, 0.5) is 0 Å². The Hall–Kier alpha value is -3.90. The van der Waals surface area contributed by atoms with Gasteiger partial charge in [0.05, 0.1) is 12.7 Å². The molecule has 1 saturated heterocycles. The standard InChI is InChI=1S/C30H43N7O6/c1-16(2)23(35-26(39)21-13-31-11-12-32-21)28(41)36-24(17(3)4)30(43)37-15-18-7-5-10-20(18)25(37)29(42)33-14-22(38)27(40)34-19-8-6-9-19/h11-13,16-20,23-25H,5-10,14-15H2,1-4H3,(H,33,42)(H,34,40)(H,35,39)(H,36,41)/t18-,20-,23?,24?,25?/m0/s1. The molecule has 2 aliphatic carbocycles. The molecule has 43 heavy (non-hydrogen) atoms. The number of hydrogen-bond donors (Lipinski definition) is 4. The molecule has 0 spiro atoms. The number of likely N-dealkylation sites (tertiary alicyclic amines) is 1. The van der Waals surface area contributed by atoms with Crippen molar-refractivity contribution < 1.29 is 28.8 Å². The van der Waals surface area contributed by atoms with Gasteiger partial charge in [0, 0.05) is 25.0 Å². The van der Waals surface area contributed by atoms with E-state index in [4.69, 9.17) is 0 Å². The van der Waals surface area contributed by atoms with Crippen LogP contribution in [-0.4, -0.2) is 87.4 Å². The maximum atomic E-state index is 14.0. The molecular formula is C30H43N7O6. The molecule has 3 unspecified atom stereocenters. The predicted octanol–water partition coefficient (Wildman–Crippen LogP) is 0.353. The van der Waals surface area contributed by atoms with Crippen LogP contribution < -0.4 is 21.3 Å². The van der Waals surface area contributed by atoms with Gasteiger partial charge in [-0.3, -0.25) is 33.8 Å². The van der Waals surface area contributed by atoms with E-state index >= 15 is 0 Å². The molecular weight excluding hydrogens is 554 g/mol. The lowest BCUT2D eigenvalue weighted by molar-refractivity contribution is -0.144. The molecule has 1 aliphatic heterocycles. The van der Waals surface area contributed by atoms with Crippen molar-refractivity contribution in [1.29, 1.82) is 0 Å². The van der Waals surface area contributed by atoms with Crippen molar-refractivity contribution in [3.8, 4) is 0 Å². The van der Waals surface area contributed by atoms with Crippen molar-refractivity contribution in [2.24, 2.45) is 23.7 Å². The van der Waals surface area contributed by atoms with Crippen LogP contribution in [-0.2, 0) is 24.0 Å². The summed E-state index contributed by atoms with van der Waals surface area (Å²) < 4.78 is 0. The van der Waals surface area contributed by atoms with E-state index < -0.39 is 60.0 Å². The number of aromatic nitrogens is 2. The molecule has 5 atom stereocenters. The molecule has 3 aliphatic rings. The van der Waals surface area contributed by atoms with Crippen molar-refractivity contribution in [2.75, 3.05) is 13.1 Å². The third kappa shape index (κ3) is 7.55. The highest BCUT2D eigenvalue weighted by molar-refractivity contribution is 6.37. The number of Topliss-reactive ketones (excluding diaryl/α,β-unsaturated/α-hetero) is 1. The number of hydrogen-bond acceptors (Lipinski definition) is 8. The Labute approximate surface area is 251 Å². The van der Waals surface area contributed by atoms with Crippen LogP contribution in [0.25, 0.3) is 0 Å². The zero-order valence-corrected chi connectivity index (χ0v) is 25.3. The van der Waals surface area contributed by atoms with Gasteiger partial charge in [-0.25, -0.2) is 4.98 Å². The number of carbonyl (C=O) groups excluding carboxylic acids is 6. The lowest BCUT2D eigenvalue weighted by Gasteiger charge is -2.33. The summed E-state index contributed by atoms with van der Waals surface area (Å²) in [6, 6.07) is -2.70. The number of fused-ring (bicyclic) bond motifs is 1. The molecule has 3 fully saturated rings. The number of nitrogens with one attached hydrogen (secondary N) is 4. The van der Waals surface area contributed by atoms with Crippen molar-refractivity contribution in [2.45, 2.75) is 90.4 Å². The average Bonchev–Trinajstić information content (AvgIpc) is 3.56. The summed E-state index contributed by atoms with van der Waals surface area (Å²) in [7, 11) is 0. The molecule has 2 saturated carbocycles. The maximum absolute atomic E-state index is 14.0. The lowest BCUT2D eigenvalue weighted by atomic mass is 9.93. The van der Waals surface area contributed by atoms with Crippen molar-refractivity contribution in [3.05, 3.63) is 24.3 Å². The minimum Gasteiger partial charge on any atom is -0.347 e. The van der Waals surface area contributed by atoms with Gasteiger partial charge in [-0.1, -0.05) is 34.1 Å². The van der Waals surface area contributed by atoms with E-state index in [-0.39, 0.29) is 35.4 Å². The van der Waals surface area contributed by atoms with E-state index in [1.807, 2.05) is 0 Å². The second-order valence-corrected chi connectivity index (χ2v) is 12.5. The average molecular weight is 598 g/mol. The van der Waals surface area contributed by atoms with Crippen LogP contribution >= 0.6 is 0 Å². The van der Waals surface area contributed by atoms with E-state index in [2.05, 4.69) is 31.2 Å². The van der Waals surface area contributed by atoms with E-state index in [0.717, 1.165) is 38.5 Å². The first kappa shape index (κ1) is 32.0.